The number of hydrogen-bond donors (Lipinski definition) is 1. The Morgan fingerprint density at radius 3 is 2.81 bits per heavy atom. The van der Waals surface area contributed by atoms with Crippen LogP contribution in [0.3, 0.4) is 0 Å². The van der Waals surface area contributed by atoms with Crippen molar-refractivity contribution in [3.05, 3.63) is 63.0 Å². The highest BCUT2D eigenvalue weighted by Crippen LogP contribution is 2.37. The molecule has 0 atom stereocenters. The highest BCUT2D eigenvalue weighted by atomic mass is 32.2. The number of amides is 1. The van der Waals surface area contributed by atoms with Crippen molar-refractivity contribution >= 4 is 51.7 Å². The molecular weight excluding hydrogens is 388 g/mol. The van der Waals surface area contributed by atoms with Gasteiger partial charge in [0.2, 0.25) is 0 Å². The Bertz CT molecular complexity index is 974. The van der Waals surface area contributed by atoms with E-state index in [9.17, 15) is 20.0 Å². The number of carbonyl (C=O) groups is 1. The minimum absolute atomic E-state index is 0.0122. The van der Waals surface area contributed by atoms with Gasteiger partial charge >= 0.3 is 0 Å². The summed E-state index contributed by atoms with van der Waals surface area (Å²) in [5, 5.41) is 20.8. The van der Waals surface area contributed by atoms with Crippen molar-refractivity contribution in [3.8, 4) is 11.5 Å². The van der Waals surface area contributed by atoms with Gasteiger partial charge in [0.05, 0.1) is 22.1 Å². The van der Waals surface area contributed by atoms with Crippen LogP contribution >= 0.6 is 24.0 Å². The first-order valence-electron chi connectivity index (χ1n) is 7.89. The molecule has 1 N–H and O–H groups in total. The molecule has 138 valence electrons. The molecule has 27 heavy (non-hydrogen) atoms. The van der Waals surface area contributed by atoms with Crippen LogP contribution in [0.4, 0.5) is 11.4 Å². The molecule has 0 aromatic heterocycles. The molecule has 9 heteroatoms. The van der Waals surface area contributed by atoms with Crippen LogP contribution in [-0.4, -0.2) is 26.9 Å². The molecule has 0 bridgehead atoms. The van der Waals surface area contributed by atoms with Gasteiger partial charge in [-0.25, -0.2) is 0 Å². The van der Waals surface area contributed by atoms with Gasteiger partial charge in [-0.2, -0.15) is 0 Å². The predicted molar refractivity (Wildman–Crippen MR) is 108 cm³/mol. The zero-order chi connectivity index (χ0) is 19.6. The fraction of sp³-hybridized carbons (Fsp3) is 0.111. The Balaban J connectivity index is 1.92. The quantitative estimate of drug-likeness (QED) is 0.348. The van der Waals surface area contributed by atoms with Crippen LogP contribution in [0.2, 0.25) is 0 Å². The third kappa shape index (κ3) is 3.93. The second-order valence-corrected chi connectivity index (χ2v) is 7.13. The number of nitro benzene ring substituents is 1. The lowest BCUT2D eigenvalue weighted by Gasteiger charge is -2.14. The summed E-state index contributed by atoms with van der Waals surface area (Å²) in [6.07, 6.45) is 1.64. The summed E-state index contributed by atoms with van der Waals surface area (Å²) in [5.74, 6) is -0.0323. The number of nitro groups is 1. The van der Waals surface area contributed by atoms with E-state index in [1.54, 1.807) is 31.2 Å². The molecular formula is C18H14N2O5S2. The van der Waals surface area contributed by atoms with E-state index in [2.05, 4.69) is 0 Å². The monoisotopic (exact) mass is 402 g/mol. The van der Waals surface area contributed by atoms with E-state index >= 15 is 0 Å². The number of carbonyl (C=O) groups excluding carboxylic acids is 1. The van der Waals surface area contributed by atoms with Gasteiger partial charge in [-0.05, 0) is 36.8 Å². The number of nitrogens with zero attached hydrogens (tertiary/aromatic N) is 2. The van der Waals surface area contributed by atoms with Crippen LogP contribution in [0.1, 0.15) is 12.5 Å². The standard InChI is InChI=1S/C18H14N2O5S2/c1-2-25-15-8-11(6-7-14(15)21)9-16-17(22)19(18(26)27-16)12-4-3-5-13(10-12)20(23)24/h3-10,21H,2H2,1H3/b16-9-. The fourth-order valence-electron chi connectivity index (χ4n) is 2.48. The summed E-state index contributed by atoms with van der Waals surface area (Å²) in [7, 11) is 0. The zero-order valence-electron chi connectivity index (χ0n) is 14.1. The predicted octanol–water partition coefficient (Wildman–Crippen LogP) is 4.10. The Labute approximate surface area is 164 Å². The van der Waals surface area contributed by atoms with E-state index in [0.717, 1.165) is 11.8 Å². The first-order valence-corrected chi connectivity index (χ1v) is 9.11. The van der Waals surface area contributed by atoms with E-state index in [-0.39, 0.29) is 21.7 Å². The Morgan fingerprint density at radius 1 is 1.33 bits per heavy atom. The molecule has 3 rings (SSSR count). The maximum atomic E-state index is 12.8. The molecule has 1 aliphatic heterocycles. The molecule has 0 radical (unpaired) electrons. The fourth-order valence-corrected chi connectivity index (χ4v) is 3.78. The minimum atomic E-state index is -0.525. The lowest BCUT2D eigenvalue weighted by Crippen LogP contribution is -2.27. The summed E-state index contributed by atoms with van der Waals surface area (Å²) in [5.41, 5.74) is 0.886. The van der Waals surface area contributed by atoms with Gasteiger partial charge in [-0.1, -0.05) is 36.1 Å². The Hall–Kier alpha value is -2.91. The number of anilines is 1. The van der Waals surface area contributed by atoms with Crippen LogP contribution < -0.4 is 9.64 Å². The topological polar surface area (TPSA) is 92.9 Å². The van der Waals surface area contributed by atoms with Gasteiger partial charge in [0, 0.05) is 12.1 Å². The van der Waals surface area contributed by atoms with E-state index in [1.165, 1.54) is 29.2 Å². The highest BCUT2D eigenvalue weighted by Gasteiger charge is 2.34. The van der Waals surface area contributed by atoms with Crippen molar-refractivity contribution in [2.75, 3.05) is 11.5 Å². The lowest BCUT2D eigenvalue weighted by atomic mass is 10.2. The number of phenolic OH excluding ortho intramolecular Hbond substituents is 1. The molecule has 1 aliphatic rings. The van der Waals surface area contributed by atoms with Crippen molar-refractivity contribution in [2.45, 2.75) is 6.92 Å². The number of thioether (sulfide) groups is 1. The molecule has 0 spiro atoms. The van der Waals surface area contributed by atoms with Crippen LogP contribution in [0, 0.1) is 10.1 Å². The number of non-ortho nitro benzene ring substituents is 1. The van der Waals surface area contributed by atoms with Gasteiger partial charge < -0.3 is 9.84 Å². The summed E-state index contributed by atoms with van der Waals surface area (Å²) in [6, 6.07) is 10.5. The van der Waals surface area contributed by atoms with E-state index in [0.29, 0.717) is 28.5 Å². The number of rotatable bonds is 5. The molecule has 0 unspecified atom stereocenters. The van der Waals surface area contributed by atoms with Crippen molar-refractivity contribution in [2.24, 2.45) is 0 Å². The summed E-state index contributed by atoms with van der Waals surface area (Å²) in [6.45, 7) is 2.20. The van der Waals surface area contributed by atoms with Gasteiger partial charge in [-0.3, -0.25) is 19.8 Å². The van der Waals surface area contributed by atoms with Crippen molar-refractivity contribution in [3.63, 3.8) is 0 Å². The van der Waals surface area contributed by atoms with Crippen LogP contribution in [0.5, 0.6) is 11.5 Å². The molecule has 1 amide bonds. The molecule has 2 aromatic carbocycles. The number of benzene rings is 2. The van der Waals surface area contributed by atoms with Crippen molar-refractivity contribution in [1.29, 1.82) is 0 Å². The Kier molecular flexibility index (Phi) is 5.43. The number of aromatic hydroxyl groups is 1. The molecule has 1 saturated heterocycles. The summed E-state index contributed by atoms with van der Waals surface area (Å²) < 4.78 is 5.63. The molecule has 2 aromatic rings. The van der Waals surface area contributed by atoms with Crippen LogP contribution in [0.15, 0.2) is 47.4 Å². The number of ether oxygens (including phenoxy) is 1. The molecule has 0 saturated carbocycles. The van der Waals surface area contributed by atoms with E-state index in [1.807, 2.05) is 0 Å². The lowest BCUT2D eigenvalue weighted by molar-refractivity contribution is -0.384. The number of thiocarbonyl (C=S) groups is 1. The summed E-state index contributed by atoms with van der Waals surface area (Å²) >= 11 is 6.39. The highest BCUT2D eigenvalue weighted by molar-refractivity contribution is 8.27. The first kappa shape index (κ1) is 18.9. The largest absolute Gasteiger partial charge is 0.504 e. The SMILES string of the molecule is CCOc1cc(/C=C2\SC(=S)N(c3cccc([N+](=O)[O-])c3)C2=O)ccc1O. The molecule has 0 aliphatic carbocycles. The van der Waals surface area contributed by atoms with Gasteiger partial charge in [-0.15, -0.1) is 0 Å². The third-order valence-corrected chi connectivity index (χ3v) is 4.98. The zero-order valence-corrected chi connectivity index (χ0v) is 15.8. The smallest absolute Gasteiger partial charge is 0.271 e. The molecule has 1 fully saturated rings. The van der Waals surface area contributed by atoms with Gasteiger partial charge in [0.1, 0.15) is 0 Å². The average Bonchev–Trinajstić information content (AvgIpc) is 2.91. The number of hydrogen-bond acceptors (Lipinski definition) is 7. The average molecular weight is 402 g/mol. The maximum absolute atomic E-state index is 12.8. The second-order valence-electron chi connectivity index (χ2n) is 5.45. The first-order chi connectivity index (χ1) is 12.9. The van der Waals surface area contributed by atoms with Crippen LogP contribution in [-0.2, 0) is 4.79 Å². The normalized spacial score (nSPS) is 15.4. The van der Waals surface area contributed by atoms with Gasteiger partial charge in [0.15, 0.2) is 15.8 Å². The number of phenols is 1. The van der Waals surface area contributed by atoms with E-state index < -0.39 is 4.92 Å². The third-order valence-electron chi connectivity index (χ3n) is 3.67. The molecule has 1 heterocycles. The Morgan fingerprint density at radius 2 is 2.11 bits per heavy atom. The summed E-state index contributed by atoms with van der Waals surface area (Å²) in [4.78, 5) is 24.9. The van der Waals surface area contributed by atoms with E-state index in [4.69, 9.17) is 17.0 Å². The minimum Gasteiger partial charge on any atom is -0.504 e. The van der Waals surface area contributed by atoms with Crippen molar-refractivity contribution in [1.82, 2.24) is 0 Å². The second kappa shape index (κ2) is 7.77. The maximum Gasteiger partial charge on any atom is 0.271 e. The van der Waals surface area contributed by atoms with Crippen LogP contribution in [0.25, 0.3) is 6.08 Å². The molecule has 7 nitrogen and oxygen atoms in total. The van der Waals surface area contributed by atoms with Crippen molar-refractivity contribution < 1.29 is 19.6 Å². The van der Waals surface area contributed by atoms with Gasteiger partial charge in [0.25, 0.3) is 11.6 Å².